The molecule has 0 radical (unpaired) electrons. The van der Waals surface area contributed by atoms with Gasteiger partial charge in [-0.1, -0.05) is 23.8 Å². The average molecular weight is 187 g/mol. The van der Waals surface area contributed by atoms with Crippen molar-refractivity contribution in [3.8, 4) is 0 Å². The molecule has 1 aliphatic carbocycles. The summed E-state index contributed by atoms with van der Waals surface area (Å²) in [6.45, 7) is 5.28. The number of rotatable bonds is 3. The Hall–Kier alpha value is -1.11. The lowest BCUT2D eigenvalue weighted by Crippen LogP contribution is -1.90. The van der Waals surface area contributed by atoms with Gasteiger partial charge in [-0.2, -0.15) is 0 Å². The Balaban J connectivity index is 2.05. The van der Waals surface area contributed by atoms with Crippen LogP contribution in [0, 0.1) is 19.8 Å². The van der Waals surface area contributed by atoms with Crippen LogP contribution >= 0.6 is 0 Å². The second-order valence-electron chi connectivity index (χ2n) is 4.30. The van der Waals surface area contributed by atoms with Crippen LogP contribution in [0.25, 0.3) is 0 Å². The molecule has 0 aliphatic heterocycles. The van der Waals surface area contributed by atoms with Crippen molar-refractivity contribution in [2.24, 2.45) is 10.9 Å². The quantitative estimate of drug-likeness (QED) is 0.645. The molecule has 0 saturated heterocycles. The summed E-state index contributed by atoms with van der Waals surface area (Å²) in [6, 6.07) is 6.51. The number of hydrogen-bond donors (Lipinski definition) is 0. The molecule has 0 atom stereocenters. The summed E-state index contributed by atoms with van der Waals surface area (Å²) in [7, 11) is 0. The monoisotopic (exact) mass is 187 g/mol. The van der Waals surface area contributed by atoms with Crippen LogP contribution in [0.5, 0.6) is 0 Å². The zero-order valence-corrected chi connectivity index (χ0v) is 8.96. The number of aryl methyl sites for hydroxylation is 2. The van der Waals surface area contributed by atoms with Gasteiger partial charge in [0.1, 0.15) is 0 Å². The Bertz CT molecular complexity index is 348. The van der Waals surface area contributed by atoms with Gasteiger partial charge in [-0.15, -0.1) is 0 Å². The van der Waals surface area contributed by atoms with Crippen LogP contribution in [0.15, 0.2) is 23.2 Å². The number of hydrogen-bond acceptors (Lipinski definition) is 1. The van der Waals surface area contributed by atoms with Crippen LogP contribution < -0.4 is 0 Å². The maximum atomic E-state index is 4.48. The van der Waals surface area contributed by atoms with Gasteiger partial charge in [0.25, 0.3) is 0 Å². The SMILES string of the molecule is Cc1ccc(C)c(/C=N\CC2CC2)c1. The van der Waals surface area contributed by atoms with E-state index in [1.54, 1.807) is 0 Å². The molecule has 1 nitrogen and oxygen atoms in total. The Morgan fingerprint density at radius 2 is 2.14 bits per heavy atom. The topological polar surface area (TPSA) is 12.4 Å². The summed E-state index contributed by atoms with van der Waals surface area (Å²) in [4.78, 5) is 4.48. The van der Waals surface area contributed by atoms with Crippen LogP contribution in [0.4, 0.5) is 0 Å². The van der Waals surface area contributed by atoms with Crippen LogP contribution in [0.1, 0.15) is 29.5 Å². The van der Waals surface area contributed by atoms with E-state index < -0.39 is 0 Å². The van der Waals surface area contributed by atoms with E-state index in [9.17, 15) is 0 Å². The lowest BCUT2D eigenvalue weighted by molar-refractivity contribution is 0.852. The highest BCUT2D eigenvalue weighted by molar-refractivity contribution is 5.81. The molecule has 0 unspecified atom stereocenters. The molecule has 0 spiro atoms. The van der Waals surface area contributed by atoms with Gasteiger partial charge in [0.2, 0.25) is 0 Å². The first kappa shape index (κ1) is 9.45. The molecule has 0 heterocycles. The predicted octanol–water partition coefficient (Wildman–Crippen LogP) is 3.13. The van der Waals surface area contributed by atoms with Crippen molar-refractivity contribution in [3.05, 3.63) is 34.9 Å². The lowest BCUT2D eigenvalue weighted by Gasteiger charge is -2.00. The summed E-state index contributed by atoms with van der Waals surface area (Å²) in [5.74, 6) is 0.886. The largest absolute Gasteiger partial charge is 0.292 e. The van der Waals surface area contributed by atoms with E-state index in [2.05, 4.69) is 37.0 Å². The van der Waals surface area contributed by atoms with Crippen LogP contribution in [0.3, 0.4) is 0 Å². The van der Waals surface area contributed by atoms with E-state index in [0.717, 1.165) is 12.5 Å². The van der Waals surface area contributed by atoms with E-state index in [4.69, 9.17) is 0 Å². The zero-order valence-electron chi connectivity index (χ0n) is 8.96. The third kappa shape index (κ3) is 2.44. The smallest absolute Gasteiger partial charge is 0.0417 e. The molecule has 0 bridgehead atoms. The highest BCUT2D eigenvalue weighted by Crippen LogP contribution is 2.28. The van der Waals surface area contributed by atoms with Gasteiger partial charge in [0, 0.05) is 12.8 Å². The first-order valence-electron chi connectivity index (χ1n) is 5.33. The normalized spacial score (nSPS) is 16.4. The fraction of sp³-hybridized carbons (Fsp3) is 0.462. The van der Waals surface area contributed by atoms with Gasteiger partial charge in [0.15, 0.2) is 0 Å². The van der Waals surface area contributed by atoms with Crippen molar-refractivity contribution >= 4 is 6.21 Å². The van der Waals surface area contributed by atoms with Crippen LogP contribution in [-0.4, -0.2) is 12.8 Å². The Morgan fingerprint density at radius 1 is 1.36 bits per heavy atom. The fourth-order valence-electron chi connectivity index (χ4n) is 1.50. The van der Waals surface area contributed by atoms with E-state index in [1.165, 1.54) is 29.5 Å². The summed E-state index contributed by atoms with van der Waals surface area (Å²) in [6.07, 6.45) is 4.79. The molecular formula is C13H17N. The summed E-state index contributed by atoms with van der Waals surface area (Å²) >= 11 is 0. The van der Waals surface area contributed by atoms with E-state index in [-0.39, 0.29) is 0 Å². The Labute approximate surface area is 85.9 Å². The molecule has 14 heavy (non-hydrogen) atoms. The predicted molar refractivity (Wildman–Crippen MR) is 61.1 cm³/mol. The maximum absolute atomic E-state index is 4.48. The highest BCUT2D eigenvalue weighted by Gasteiger charge is 2.19. The molecular weight excluding hydrogens is 170 g/mol. The Kier molecular flexibility index (Phi) is 2.67. The minimum absolute atomic E-state index is 0.886. The van der Waals surface area contributed by atoms with Crippen molar-refractivity contribution in [1.82, 2.24) is 0 Å². The fourth-order valence-corrected chi connectivity index (χ4v) is 1.50. The summed E-state index contributed by atoms with van der Waals surface area (Å²) in [5, 5.41) is 0. The zero-order chi connectivity index (χ0) is 9.97. The van der Waals surface area contributed by atoms with Gasteiger partial charge >= 0.3 is 0 Å². The number of aliphatic imine (C=N–C) groups is 1. The van der Waals surface area contributed by atoms with Gasteiger partial charge in [0.05, 0.1) is 0 Å². The summed E-state index contributed by atoms with van der Waals surface area (Å²) in [5.41, 5.74) is 3.89. The van der Waals surface area contributed by atoms with Crippen molar-refractivity contribution in [2.75, 3.05) is 6.54 Å². The third-order valence-corrected chi connectivity index (χ3v) is 2.73. The second kappa shape index (κ2) is 3.95. The molecule has 74 valence electrons. The number of benzene rings is 1. The minimum atomic E-state index is 0.886. The maximum Gasteiger partial charge on any atom is 0.0417 e. The lowest BCUT2D eigenvalue weighted by atomic mass is 10.1. The molecule has 1 saturated carbocycles. The molecule has 1 aliphatic rings. The van der Waals surface area contributed by atoms with Gasteiger partial charge < -0.3 is 0 Å². The summed E-state index contributed by atoms with van der Waals surface area (Å²) < 4.78 is 0. The molecule has 1 aromatic carbocycles. The first-order valence-corrected chi connectivity index (χ1v) is 5.33. The molecule has 0 N–H and O–H groups in total. The second-order valence-corrected chi connectivity index (χ2v) is 4.30. The van der Waals surface area contributed by atoms with Gasteiger partial charge in [-0.3, -0.25) is 4.99 Å². The molecule has 2 rings (SSSR count). The number of nitrogens with zero attached hydrogens (tertiary/aromatic N) is 1. The van der Waals surface area contributed by atoms with E-state index >= 15 is 0 Å². The van der Waals surface area contributed by atoms with E-state index in [0.29, 0.717) is 0 Å². The van der Waals surface area contributed by atoms with E-state index in [1.807, 2.05) is 6.21 Å². The molecule has 1 aromatic rings. The molecule has 0 amide bonds. The van der Waals surface area contributed by atoms with Crippen LogP contribution in [0.2, 0.25) is 0 Å². The van der Waals surface area contributed by atoms with Crippen molar-refractivity contribution in [3.63, 3.8) is 0 Å². The first-order chi connectivity index (χ1) is 6.75. The van der Waals surface area contributed by atoms with Crippen molar-refractivity contribution in [2.45, 2.75) is 26.7 Å². The third-order valence-electron chi connectivity index (χ3n) is 2.73. The molecule has 0 aromatic heterocycles. The Morgan fingerprint density at radius 3 is 2.86 bits per heavy atom. The van der Waals surface area contributed by atoms with Gasteiger partial charge in [-0.25, -0.2) is 0 Å². The van der Waals surface area contributed by atoms with Crippen molar-refractivity contribution < 1.29 is 0 Å². The standard InChI is InChI=1S/C13H17N/c1-10-3-4-11(2)13(7-10)9-14-8-12-5-6-12/h3-4,7,9,12H,5-6,8H2,1-2H3/b14-9-. The highest BCUT2D eigenvalue weighted by atomic mass is 14.7. The average Bonchev–Trinajstić information content (AvgIpc) is 2.95. The van der Waals surface area contributed by atoms with Gasteiger partial charge in [-0.05, 0) is 43.7 Å². The molecule has 1 heteroatoms. The minimum Gasteiger partial charge on any atom is -0.292 e. The molecule has 1 fully saturated rings. The van der Waals surface area contributed by atoms with Crippen LogP contribution in [-0.2, 0) is 0 Å². The van der Waals surface area contributed by atoms with Crippen molar-refractivity contribution in [1.29, 1.82) is 0 Å².